The van der Waals surface area contributed by atoms with E-state index in [1.807, 2.05) is 18.3 Å². The van der Waals surface area contributed by atoms with Gasteiger partial charge in [0.25, 0.3) is 0 Å². The number of nitrogens with zero attached hydrogens (tertiary/aromatic N) is 3. The standard InChI is InChI=1S/C19H27N5/c1-14(2)5-9-21-10-6-17-7-11-22-19(23-17)24-12-8-15-13-16(20)3-4-18(15)24/h3-4,7,11,13-14,21H,5-6,8-10,12,20H2,1-2H3. The molecule has 0 spiro atoms. The Bertz CT molecular complexity index is 683. The zero-order chi connectivity index (χ0) is 16.9. The van der Waals surface area contributed by atoms with Gasteiger partial charge in [0.2, 0.25) is 5.95 Å². The minimum absolute atomic E-state index is 0.743. The molecule has 2 aromatic rings. The van der Waals surface area contributed by atoms with Crippen molar-refractivity contribution in [2.24, 2.45) is 5.92 Å². The van der Waals surface area contributed by atoms with E-state index in [0.29, 0.717) is 0 Å². The molecule has 3 rings (SSSR count). The van der Waals surface area contributed by atoms with Gasteiger partial charge in [-0.3, -0.25) is 0 Å². The third-order valence-corrected chi connectivity index (χ3v) is 4.40. The topological polar surface area (TPSA) is 67.1 Å². The second kappa shape index (κ2) is 7.62. The number of nitrogens with two attached hydrogens (primary N) is 1. The number of nitrogens with one attached hydrogen (secondary N) is 1. The Kier molecular flexibility index (Phi) is 5.30. The molecule has 3 N–H and O–H groups in total. The molecular weight excluding hydrogens is 298 g/mol. The highest BCUT2D eigenvalue weighted by molar-refractivity contribution is 5.68. The molecule has 0 amide bonds. The molecule has 128 valence electrons. The van der Waals surface area contributed by atoms with Crippen molar-refractivity contribution in [1.29, 1.82) is 0 Å². The van der Waals surface area contributed by atoms with E-state index in [-0.39, 0.29) is 0 Å². The molecule has 2 heterocycles. The van der Waals surface area contributed by atoms with Crippen molar-refractivity contribution < 1.29 is 0 Å². The molecule has 1 aliphatic rings. The highest BCUT2D eigenvalue weighted by Gasteiger charge is 2.22. The highest BCUT2D eigenvalue weighted by Crippen LogP contribution is 2.33. The predicted molar refractivity (Wildman–Crippen MR) is 99.6 cm³/mol. The summed E-state index contributed by atoms with van der Waals surface area (Å²) in [5, 5.41) is 3.49. The number of nitrogen functional groups attached to an aromatic ring is 1. The van der Waals surface area contributed by atoms with E-state index in [9.17, 15) is 0 Å². The quantitative estimate of drug-likeness (QED) is 0.605. The molecule has 1 aromatic heterocycles. The Hall–Kier alpha value is -2.14. The lowest BCUT2D eigenvalue weighted by Crippen LogP contribution is -2.21. The lowest BCUT2D eigenvalue weighted by molar-refractivity contribution is 0.538. The van der Waals surface area contributed by atoms with Gasteiger partial charge in [-0.25, -0.2) is 9.97 Å². The fourth-order valence-corrected chi connectivity index (χ4v) is 3.02. The average molecular weight is 325 g/mol. The largest absolute Gasteiger partial charge is 0.399 e. The fourth-order valence-electron chi connectivity index (χ4n) is 3.02. The zero-order valence-electron chi connectivity index (χ0n) is 14.6. The summed E-state index contributed by atoms with van der Waals surface area (Å²) in [5.74, 6) is 1.53. The van der Waals surface area contributed by atoms with Crippen LogP contribution in [0.15, 0.2) is 30.5 Å². The Balaban J connectivity index is 1.62. The first-order valence-electron chi connectivity index (χ1n) is 8.82. The molecule has 5 nitrogen and oxygen atoms in total. The molecule has 24 heavy (non-hydrogen) atoms. The maximum Gasteiger partial charge on any atom is 0.230 e. The number of rotatable bonds is 7. The highest BCUT2D eigenvalue weighted by atomic mass is 15.3. The number of anilines is 3. The van der Waals surface area contributed by atoms with Crippen LogP contribution in [0.4, 0.5) is 17.3 Å². The van der Waals surface area contributed by atoms with E-state index in [4.69, 9.17) is 10.7 Å². The van der Waals surface area contributed by atoms with Crippen LogP contribution in [0, 0.1) is 5.92 Å². The first-order chi connectivity index (χ1) is 11.6. The molecule has 0 saturated heterocycles. The summed E-state index contributed by atoms with van der Waals surface area (Å²) >= 11 is 0. The van der Waals surface area contributed by atoms with Gasteiger partial charge in [-0.1, -0.05) is 13.8 Å². The Morgan fingerprint density at radius 3 is 2.96 bits per heavy atom. The van der Waals surface area contributed by atoms with Gasteiger partial charge in [0.15, 0.2) is 0 Å². The summed E-state index contributed by atoms with van der Waals surface area (Å²) in [6.07, 6.45) is 4.99. The van der Waals surface area contributed by atoms with Gasteiger partial charge in [0.05, 0.1) is 0 Å². The van der Waals surface area contributed by atoms with E-state index in [1.54, 1.807) is 0 Å². The van der Waals surface area contributed by atoms with Crippen molar-refractivity contribution in [2.45, 2.75) is 33.1 Å². The van der Waals surface area contributed by atoms with Crippen LogP contribution >= 0.6 is 0 Å². The number of benzene rings is 1. The van der Waals surface area contributed by atoms with Crippen molar-refractivity contribution in [3.8, 4) is 0 Å². The zero-order valence-corrected chi connectivity index (χ0v) is 14.6. The van der Waals surface area contributed by atoms with Gasteiger partial charge in [0, 0.05) is 42.8 Å². The van der Waals surface area contributed by atoms with Crippen molar-refractivity contribution in [2.75, 3.05) is 30.3 Å². The number of aromatic nitrogens is 2. The molecule has 0 aliphatic carbocycles. The number of hydrogen-bond acceptors (Lipinski definition) is 5. The smallest absolute Gasteiger partial charge is 0.230 e. The van der Waals surface area contributed by atoms with Gasteiger partial charge in [-0.05, 0) is 55.1 Å². The van der Waals surface area contributed by atoms with E-state index >= 15 is 0 Å². The molecule has 0 radical (unpaired) electrons. The monoisotopic (exact) mass is 325 g/mol. The number of hydrogen-bond donors (Lipinski definition) is 2. The summed E-state index contributed by atoms with van der Waals surface area (Å²) in [4.78, 5) is 11.4. The third-order valence-electron chi connectivity index (χ3n) is 4.40. The molecule has 0 bridgehead atoms. The molecule has 0 fully saturated rings. The van der Waals surface area contributed by atoms with Crippen LogP contribution in [-0.2, 0) is 12.8 Å². The van der Waals surface area contributed by atoms with Crippen LogP contribution in [0.3, 0.4) is 0 Å². The van der Waals surface area contributed by atoms with Crippen molar-refractivity contribution in [3.63, 3.8) is 0 Å². The molecule has 0 saturated carbocycles. The van der Waals surface area contributed by atoms with E-state index in [2.05, 4.69) is 41.2 Å². The SMILES string of the molecule is CC(C)CCNCCc1ccnc(N2CCc3cc(N)ccc32)n1. The second-order valence-electron chi connectivity index (χ2n) is 6.82. The van der Waals surface area contributed by atoms with Crippen LogP contribution in [-0.4, -0.2) is 29.6 Å². The minimum Gasteiger partial charge on any atom is -0.399 e. The van der Waals surface area contributed by atoms with Crippen molar-refractivity contribution >= 4 is 17.3 Å². The Morgan fingerprint density at radius 1 is 1.25 bits per heavy atom. The lowest BCUT2D eigenvalue weighted by atomic mass is 10.1. The second-order valence-corrected chi connectivity index (χ2v) is 6.82. The third kappa shape index (κ3) is 4.03. The van der Waals surface area contributed by atoms with Crippen LogP contribution < -0.4 is 16.0 Å². The molecule has 0 unspecified atom stereocenters. The van der Waals surface area contributed by atoms with Gasteiger partial charge in [0.1, 0.15) is 0 Å². The summed E-state index contributed by atoms with van der Waals surface area (Å²) in [6, 6.07) is 8.08. The molecule has 1 aliphatic heterocycles. The van der Waals surface area contributed by atoms with Crippen LogP contribution in [0.25, 0.3) is 0 Å². The molecule has 0 atom stereocenters. The van der Waals surface area contributed by atoms with Gasteiger partial charge in [-0.2, -0.15) is 0 Å². The summed E-state index contributed by atoms with van der Waals surface area (Å²) in [7, 11) is 0. The molecular formula is C19H27N5. The normalized spacial score (nSPS) is 13.5. The summed E-state index contributed by atoms with van der Waals surface area (Å²) in [5.41, 5.74) is 10.2. The predicted octanol–water partition coefficient (Wildman–Crippen LogP) is 2.93. The van der Waals surface area contributed by atoms with E-state index in [0.717, 1.165) is 55.7 Å². The minimum atomic E-state index is 0.743. The van der Waals surface area contributed by atoms with Crippen molar-refractivity contribution in [1.82, 2.24) is 15.3 Å². The first kappa shape index (κ1) is 16.7. The van der Waals surface area contributed by atoms with Crippen LogP contribution in [0.2, 0.25) is 0 Å². The lowest BCUT2D eigenvalue weighted by Gasteiger charge is -2.17. The maximum absolute atomic E-state index is 5.88. The Morgan fingerprint density at radius 2 is 2.12 bits per heavy atom. The average Bonchev–Trinajstić information content (AvgIpc) is 2.97. The Labute approximate surface area is 144 Å². The fraction of sp³-hybridized carbons (Fsp3) is 0.474. The van der Waals surface area contributed by atoms with Gasteiger partial charge >= 0.3 is 0 Å². The first-order valence-corrected chi connectivity index (χ1v) is 8.82. The van der Waals surface area contributed by atoms with Gasteiger partial charge < -0.3 is 16.0 Å². The van der Waals surface area contributed by atoms with Crippen LogP contribution in [0.1, 0.15) is 31.5 Å². The van der Waals surface area contributed by atoms with E-state index in [1.165, 1.54) is 17.7 Å². The van der Waals surface area contributed by atoms with Gasteiger partial charge in [-0.15, -0.1) is 0 Å². The molecule has 5 heteroatoms. The van der Waals surface area contributed by atoms with E-state index < -0.39 is 0 Å². The summed E-state index contributed by atoms with van der Waals surface area (Å²) in [6.45, 7) is 7.43. The molecule has 1 aromatic carbocycles. The maximum atomic E-state index is 5.88. The van der Waals surface area contributed by atoms with Crippen molar-refractivity contribution in [3.05, 3.63) is 41.7 Å². The summed E-state index contributed by atoms with van der Waals surface area (Å²) < 4.78 is 0. The number of fused-ring (bicyclic) bond motifs is 1. The van der Waals surface area contributed by atoms with Crippen LogP contribution in [0.5, 0.6) is 0 Å².